The van der Waals surface area contributed by atoms with Gasteiger partial charge in [-0.3, -0.25) is 0 Å². The Balaban J connectivity index is 2.02. The molecule has 0 amide bonds. The second-order valence-electron chi connectivity index (χ2n) is 5.14. The minimum Gasteiger partial charge on any atom is -0.383 e. The lowest BCUT2D eigenvalue weighted by atomic mass is 9.98. The van der Waals surface area contributed by atoms with Crippen LogP contribution in [0.4, 0.5) is 5.82 Å². The summed E-state index contributed by atoms with van der Waals surface area (Å²) in [5.74, 6) is 0.395. The summed E-state index contributed by atoms with van der Waals surface area (Å²) in [6.45, 7) is 2.46. The van der Waals surface area contributed by atoms with E-state index in [-0.39, 0.29) is 10.7 Å². The smallest absolute Gasteiger partial charge is 0.244 e. The number of piperidine rings is 1. The van der Waals surface area contributed by atoms with Crippen LogP contribution in [0.2, 0.25) is 0 Å². The van der Waals surface area contributed by atoms with Crippen molar-refractivity contribution in [3.8, 4) is 0 Å². The van der Waals surface area contributed by atoms with Gasteiger partial charge in [-0.25, -0.2) is 18.1 Å². The Morgan fingerprint density at radius 2 is 2.15 bits per heavy atom. The Labute approximate surface area is 127 Å². The number of nitrogens with one attached hydrogen (secondary N) is 1. The van der Waals surface area contributed by atoms with Gasteiger partial charge in [0.1, 0.15) is 10.7 Å². The standard InChI is InChI=1S/C12H19BrN4O2S/c1-17-4-2-9(3-5-17)7-16-20(18,19)11-6-10(13)8-15-12(11)14/h6,8-9,16H,2-5,7H2,1H3,(H2,14,15). The zero-order valence-corrected chi connectivity index (χ0v) is 13.7. The highest BCUT2D eigenvalue weighted by Crippen LogP contribution is 2.21. The number of sulfonamides is 1. The fourth-order valence-corrected chi connectivity index (χ4v) is 3.92. The first-order valence-electron chi connectivity index (χ1n) is 6.48. The van der Waals surface area contributed by atoms with Crippen LogP contribution >= 0.6 is 15.9 Å². The molecule has 0 spiro atoms. The third-order valence-corrected chi connectivity index (χ3v) is 5.42. The maximum Gasteiger partial charge on any atom is 0.244 e. The van der Waals surface area contributed by atoms with Crippen molar-refractivity contribution in [1.29, 1.82) is 0 Å². The van der Waals surface area contributed by atoms with Crippen molar-refractivity contribution in [2.75, 3.05) is 32.4 Å². The van der Waals surface area contributed by atoms with Crippen LogP contribution in [-0.4, -0.2) is 45.0 Å². The molecular weight excluding hydrogens is 344 g/mol. The average molecular weight is 363 g/mol. The minimum absolute atomic E-state index is 0.0177. The van der Waals surface area contributed by atoms with Crippen molar-refractivity contribution < 1.29 is 8.42 Å². The van der Waals surface area contributed by atoms with Crippen LogP contribution < -0.4 is 10.5 Å². The lowest BCUT2D eigenvalue weighted by Gasteiger charge is -2.28. The van der Waals surface area contributed by atoms with E-state index in [2.05, 4.69) is 37.6 Å². The number of rotatable bonds is 4. The highest BCUT2D eigenvalue weighted by Gasteiger charge is 2.22. The lowest BCUT2D eigenvalue weighted by molar-refractivity contribution is 0.220. The molecule has 0 saturated carbocycles. The van der Waals surface area contributed by atoms with Gasteiger partial charge in [-0.05, 0) is 60.9 Å². The Morgan fingerprint density at radius 3 is 2.80 bits per heavy atom. The van der Waals surface area contributed by atoms with Gasteiger partial charge in [0, 0.05) is 17.2 Å². The predicted molar refractivity (Wildman–Crippen MR) is 81.8 cm³/mol. The molecule has 112 valence electrons. The third-order valence-electron chi connectivity index (χ3n) is 3.54. The summed E-state index contributed by atoms with van der Waals surface area (Å²) in [5, 5.41) is 0. The van der Waals surface area contributed by atoms with E-state index in [9.17, 15) is 8.42 Å². The summed E-state index contributed by atoms with van der Waals surface area (Å²) in [6, 6.07) is 1.47. The first-order valence-corrected chi connectivity index (χ1v) is 8.75. The second kappa shape index (κ2) is 6.38. The number of hydrogen-bond acceptors (Lipinski definition) is 5. The normalized spacial score (nSPS) is 18.3. The zero-order valence-electron chi connectivity index (χ0n) is 11.3. The Morgan fingerprint density at radius 1 is 1.50 bits per heavy atom. The summed E-state index contributed by atoms with van der Waals surface area (Å²) in [7, 11) is -1.53. The van der Waals surface area contributed by atoms with Gasteiger partial charge >= 0.3 is 0 Å². The number of nitrogen functional groups attached to an aromatic ring is 1. The van der Waals surface area contributed by atoms with Crippen molar-refractivity contribution in [3.63, 3.8) is 0 Å². The van der Waals surface area contributed by atoms with Crippen LogP contribution in [0.3, 0.4) is 0 Å². The monoisotopic (exact) mass is 362 g/mol. The van der Waals surface area contributed by atoms with Crippen molar-refractivity contribution in [3.05, 3.63) is 16.7 Å². The summed E-state index contributed by atoms with van der Waals surface area (Å²) in [4.78, 5) is 6.13. The highest BCUT2D eigenvalue weighted by atomic mass is 79.9. The van der Waals surface area contributed by atoms with Gasteiger partial charge in [-0.1, -0.05) is 0 Å². The lowest BCUT2D eigenvalue weighted by Crippen LogP contribution is -2.37. The van der Waals surface area contributed by atoms with E-state index in [1.807, 2.05) is 0 Å². The van der Waals surface area contributed by atoms with E-state index < -0.39 is 10.0 Å². The number of aromatic nitrogens is 1. The number of pyridine rings is 1. The molecule has 3 N–H and O–H groups in total. The first kappa shape index (κ1) is 15.7. The van der Waals surface area contributed by atoms with Gasteiger partial charge in [-0.2, -0.15) is 0 Å². The van der Waals surface area contributed by atoms with E-state index in [1.54, 1.807) is 0 Å². The van der Waals surface area contributed by atoms with E-state index in [0.29, 0.717) is 16.9 Å². The van der Waals surface area contributed by atoms with Gasteiger partial charge < -0.3 is 10.6 Å². The first-order chi connectivity index (χ1) is 9.38. The van der Waals surface area contributed by atoms with Crippen LogP contribution in [0.15, 0.2) is 21.6 Å². The number of halogens is 1. The maximum atomic E-state index is 12.2. The Bertz CT molecular complexity index is 571. The number of hydrogen-bond donors (Lipinski definition) is 2. The molecule has 1 aliphatic heterocycles. The van der Waals surface area contributed by atoms with E-state index in [1.165, 1.54) is 12.3 Å². The molecule has 1 aliphatic rings. The fraction of sp³-hybridized carbons (Fsp3) is 0.583. The molecule has 0 aliphatic carbocycles. The van der Waals surface area contributed by atoms with E-state index in [0.717, 1.165) is 25.9 Å². The third kappa shape index (κ3) is 3.91. The van der Waals surface area contributed by atoms with Crippen LogP contribution in [0.1, 0.15) is 12.8 Å². The van der Waals surface area contributed by atoms with Gasteiger partial charge in [-0.15, -0.1) is 0 Å². The van der Waals surface area contributed by atoms with Crippen molar-refractivity contribution in [2.24, 2.45) is 5.92 Å². The molecular formula is C12H19BrN4O2S. The van der Waals surface area contributed by atoms with Crippen molar-refractivity contribution in [2.45, 2.75) is 17.7 Å². The molecule has 20 heavy (non-hydrogen) atoms. The molecule has 0 aromatic carbocycles. The average Bonchev–Trinajstić information content (AvgIpc) is 2.41. The van der Waals surface area contributed by atoms with Gasteiger partial charge in [0.15, 0.2) is 0 Å². The maximum absolute atomic E-state index is 12.2. The predicted octanol–water partition coefficient (Wildman–Crippen LogP) is 1.05. The molecule has 0 radical (unpaired) electrons. The fourth-order valence-electron chi connectivity index (χ4n) is 2.22. The van der Waals surface area contributed by atoms with Gasteiger partial charge in [0.25, 0.3) is 0 Å². The summed E-state index contributed by atoms with van der Waals surface area (Å²) < 4.78 is 27.7. The molecule has 2 heterocycles. The summed E-state index contributed by atoms with van der Waals surface area (Å²) >= 11 is 3.21. The zero-order chi connectivity index (χ0) is 14.8. The Kier molecular flexibility index (Phi) is 5.00. The number of nitrogens with zero attached hydrogens (tertiary/aromatic N) is 2. The van der Waals surface area contributed by atoms with Crippen molar-refractivity contribution in [1.82, 2.24) is 14.6 Å². The molecule has 8 heteroatoms. The molecule has 0 unspecified atom stereocenters. The molecule has 0 bridgehead atoms. The van der Waals surface area contributed by atoms with Crippen LogP contribution in [0.25, 0.3) is 0 Å². The van der Waals surface area contributed by atoms with Crippen LogP contribution in [0, 0.1) is 5.92 Å². The van der Waals surface area contributed by atoms with Gasteiger partial charge in [0.2, 0.25) is 10.0 Å². The number of anilines is 1. The quantitative estimate of drug-likeness (QED) is 0.835. The van der Waals surface area contributed by atoms with Gasteiger partial charge in [0.05, 0.1) is 0 Å². The molecule has 6 nitrogen and oxygen atoms in total. The SMILES string of the molecule is CN1CCC(CNS(=O)(=O)c2cc(Br)cnc2N)CC1. The number of nitrogens with two attached hydrogens (primary N) is 1. The van der Waals surface area contributed by atoms with Crippen LogP contribution in [0.5, 0.6) is 0 Å². The largest absolute Gasteiger partial charge is 0.383 e. The molecule has 0 atom stereocenters. The summed E-state index contributed by atoms with van der Waals surface area (Å²) in [5.41, 5.74) is 5.64. The van der Waals surface area contributed by atoms with Crippen LogP contribution in [-0.2, 0) is 10.0 Å². The highest BCUT2D eigenvalue weighted by molar-refractivity contribution is 9.10. The number of likely N-dealkylation sites (tertiary alicyclic amines) is 1. The minimum atomic E-state index is -3.61. The molecule has 1 aromatic heterocycles. The summed E-state index contributed by atoms with van der Waals surface area (Å²) in [6.07, 6.45) is 3.49. The van der Waals surface area contributed by atoms with E-state index >= 15 is 0 Å². The topological polar surface area (TPSA) is 88.3 Å². The Hall–Kier alpha value is -0.700. The molecule has 2 rings (SSSR count). The molecule has 1 fully saturated rings. The van der Waals surface area contributed by atoms with E-state index in [4.69, 9.17) is 5.73 Å². The second-order valence-corrected chi connectivity index (χ2v) is 7.79. The van der Waals surface area contributed by atoms with Crippen molar-refractivity contribution >= 4 is 31.8 Å². The molecule has 1 aromatic rings. The molecule has 1 saturated heterocycles.